The summed E-state index contributed by atoms with van der Waals surface area (Å²) in [4.78, 5) is 0. The van der Waals surface area contributed by atoms with Gasteiger partial charge in [-0.25, -0.2) is 0 Å². The normalized spacial score (nSPS) is 12.6. The second-order valence-electron chi connectivity index (χ2n) is 13.0. The monoisotopic (exact) mass is 523 g/mol. The predicted octanol–water partition coefficient (Wildman–Crippen LogP) is 13.1. The van der Waals surface area contributed by atoms with E-state index in [0.717, 1.165) is 18.8 Å². The molecular weight excluding hydrogens is 448 g/mol. The van der Waals surface area contributed by atoms with Gasteiger partial charge in [0, 0.05) is 0 Å². The molecule has 0 spiro atoms. The molecule has 0 aromatic rings. The van der Waals surface area contributed by atoms with Crippen LogP contribution in [0.5, 0.6) is 0 Å². The molecule has 0 aliphatic heterocycles. The van der Waals surface area contributed by atoms with Crippen molar-refractivity contribution in [3.05, 3.63) is 0 Å². The molecule has 0 heterocycles. The third-order valence-corrected chi connectivity index (χ3v) is 8.46. The predicted molar refractivity (Wildman–Crippen MR) is 170 cm³/mol. The Morgan fingerprint density at radius 2 is 0.541 bits per heavy atom. The third kappa shape index (κ3) is 33.9. The fourth-order valence-electron chi connectivity index (χ4n) is 5.77. The van der Waals surface area contributed by atoms with Crippen LogP contribution in [0, 0.1) is 5.92 Å². The van der Waals surface area contributed by atoms with Crippen molar-refractivity contribution in [3.8, 4) is 0 Å². The van der Waals surface area contributed by atoms with Gasteiger partial charge >= 0.3 is 0 Å². The molecule has 0 saturated carbocycles. The van der Waals surface area contributed by atoms with E-state index < -0.39 is 0 Å². The van der Waals surface area contributed by atoms with Crippen LogP contribution in [0.25, 0.3) is 0 Å². The Labute approximate surface area is 236 Å². The van der Waals surface area contributed by atoms with E-state index in [1.807, 2.05) is 0 Å². The highest BCUT2D eigenvalue weighted by molar-refractivity contribution is 4.57. The van der Waals surface area contributed by atoms with Crippen LogP contribution in [0.1, 0.15) is 220 Å². The van der Waals surface area contributed by atoms with Gasteiger partial charge in [0.1, 0.15) is 0 Å². The lowest BCUT2D eigenvalue weighted by atomic mass is 10.0. The van der Waals surface area contributed by atoms with E-state index in [0.29, 0.717) is 0 Å². The number of aliphatic hydroxyl groups excluding tert-OH is 1. The minimum absolute atomic E-state index is 0.0319. The molecule has 1 heteroatoms. The van der Waals surface area contributed by atoms with Gasteiger partial charge in [-0.1, -0.05) is 207 Å². The summed E-state index contributed by atoms with van der Waals surface area (Å²) in [6, 6.07) is 0. The first kappa shape index (κ1) is 37.0. The van der Waals surface area contributed by atoms with E-state index in [1.54, 1.807) is 0 Å². The van der Waals surface area contributed by atoms with Gasteiger partial charge in [-0.3, -0.25) is 0 Å². The summed E-state index contributed by atoms with van der Waals surface area (Å²) in [5.74, 6) is 0.892. The van der Waals surface area contributed by atoms with E-state index in [4.69, 9.17) is 0 Å². The molecule has 1 atom stereocenters. The van der Waals surface area contributed by atoms with Gasteiger partial charge in [0.15, 0.2) is 0 Å². The quantitative estimate of drug-likeness (QED) is 0.0871. The van der Waals surface area contributed by atoms with Gasteiger partial charge in [0.2, 0.25) is 0 Å². The zero-order valence-electron chi connectivity index (χ0n) is 26.5. The molecule has 0 fully saturated rings. The molecule has 0 bridgehead atoms. The highest BCUT2D eigenvalue weighted by atomic mass is 16.3. The molecule has 1 nitrogen and oxygen atoms in total. The smallest absolute Gasteiger partial charge is 0.0540 e. The lowest BCUT2D eigenvalue weighted by molar-refractivity contribution is 0.147. The van der Waals surface area contributed by atoms with Crippen LogP contribution in [0.2, 0.25) is 0 Å². The Hall–Kier alpha value is -0.0400. The standard InChI is InChI=1S/C36H74O/c1-4-5-6-30-33-36(37)34-31-28-26-24-22-20-18-16-14-12-10-8-7-9-11-13-15-17-19-21-23-25-27-29-32-35(2)3/h35-37H,4-34H2,1-3H3. The molecule has 0 aromatic heterocycles. The fraction of sp³-hybridized carbons (Fsp3) is 1.00. The van der Waals surface area contributed by atoms with E-state index in [-0.39, 0.29) is 6.10 Å². The van der Waals surface area contributed by atoms with Crippen LogP contribution >= 0.6 is 0 Å². The first-order valence-electron chi connectivity index (χ1n) is 17.8. The minimum Gasteiger partial charge on any atom is -0.393 e. The van der Waals surface area contributed by atoms with E-state index >= 15 is 0 Å². The molecule has 1 N–H and O–H groups in total. The lowest BCUT2D eigenvalue weighted by Gasteiger charge is -2.10. The van der Waals surface area contributed by atoms with Crippen molar-refractivity contribution in [1.29, 1.82) is 0 Å². The molecular formula is C36H74O. The molecule has 0 saturated heterocycles. The van der Waals surface area contributed by atoms with Crippen LogP contribution in [0.15, 0.2) is 0 Å². The second-order valence-corrected chi connectivity index (χ2v) is 13.0. The van der Waals surface area contributed by atoms with Crippen LogP contribution in [0.4, 0.5) is 0 Å². The van der Waals surface area contributed by atoms with Crippen molar-refractivity contribution in [2.24, 2.45) is 5.92 Å². The van der Waals surface area contributed by atoms with Gasteiger partial charge in [0.05, 0.1) is 6.10 Å². The summed E-state index contributed by atoms with van der Waals surface area (Å²) in [5.41, 5.74) is 0. The highest BCUT2D eigenvalue weighted by Crippen LogP contribution is 2.17. The van der Waals surface area contributed by atoms with Gasteiger partial charge < -0.3 is 5.11 Å². The zero-order chi connectivity index (χ0) is 27.1. The molecule has 0 aliphatic rings. The average molecular weight is 523 g/mol. The first-order valence-corrected chi connectivity index (χ1v) is 17.8. The van der Waals surface area contributed by atoms with Crippen molar-refractivity contribution in [2.45, 2.75) is 226 Å². The molecule has 0 aliphatic carbocycles. The Morgan fingerprint density at radius 1 is 0.324 bits per heavy atom. The summed E-state index contributed by atoms with van der Waals surface area (Å²) in [5, 5.41) is 10.0. The Balaban J connectivity index is 3.07. The van der Waals surface area contributed by atoms with Gasteiger partial charge in [-0.2, -0.15) is 0 Å². The number of rotatable bonds is 32. The SMILES string of the molecule is CCCCCCC(O)CCCCCCCCCCCCCCCCCCCCCCCCCCC(C)C. The summed E-state index contributed by atoms with van der Waals surface area (Å²) in [6.45, 7) is 6.94. The Kier molecular flexibility index (Phi) is 32.1. The highest BCUT2D eigenvalue weighted by Gasteiger charge is 2.03. The van der Waals surface area contributed by atoms with Gasteiger partial charge in [-0.05, 0) is 18.8 Å². The average Bonchev–Trinajstić information content (AvgIpc) is 2.88. The molecule has 0 radical (unpaired) electrons. The Bertz CT molecular complexity index is 390. The largest absolute Gasteiger partial charge is 0.393 e. The van der Waals surface area contributed by atoms with Gasteiger partial charge in [-0.15, -0.1) is 0 Å². The van der Waals surface area contributed by atoms with Crippen molar-refractivity contribution in [1.82, 2.24) is 0 Å². The summed E-state index contributed by atoms with van der Waals surface area (Å²) in [7, 11) is 0. The summed E-state index contributed by atoms with van der Waals surface area (Å²) in [6.07, 6.45) is 43.3. The maximum absolute atomic E-state index is 10.0. The molecule has 224 valence electrons. The van der Waals surface area contributed by atoms with Crippen LogP contribution in [-0.4, -0.2) is 11.2 Å². The molecule has 1 unspecified atom stereocenters. The Morgan fingerprint density at radius 3 is 0.784 bits per heavy atom. The number of hydrogen-bond acceptors (Lipinski definition) is 1. The molecule has 0 aromatic carbocycles. The maximum Gasteiger partial charge on any atom is 0.0540 e. The summed E-state index contributed by atoms with van der Waals surface area (Å²) >= 11 is 0. The van der Waals surface area contributed by atoms with Crippen molar-refractivity contribution >= 4 is 0 Å². The van der Waals surface area contributed by atoms with Gasteiger partial charge in [0.25, 0.3) is 0 Å². The van der Waals surface area contributed by atoms with Crippen molar-refractivity contribution in [2.75, 3.05) is 0 Å². The topological polar surface area (TPSA) is 20.2 Å². The van der Waals surface area contributed by atoms with Crippen LogP contribution in [-0.2, 0) is 0 Å². The van der Waals surface area contributed by atoms with Crippen molar-refractivity contribution in [3.63, 3.8) is 0 Å². The fourth-order valence-corrected chi connectivity index (χ4v) is 5.77. The molecule has 0 rings (SSSR count). The number of hydrogen-bond donors (Lipinski definition) is 1. The second kappa shape index (κ2) is 32.2. The first-order chi connectivity index (χ1) is 18.2. The minimum atomic E-state index is -0.0319. The summed E-state index contributed by atoms with van der Waals surface area (Å²) < 4.78 is 0. The third-order valence-electron chi connectivity index (χ3n) is 8.46. The van der Waals surface area contributed by atoms with E-state index in [1.165, 1.54) is 186 Å². The molecule has 0 amide bonds. The lowest BCUT2D eigenvalue weighted by Crippen LogP contribution is -2.05. The molecule has 37 heavy (non-hydrogen) atoms. The number of aliphatic hydroxyl groups is 1. The van der Waals surface area contributed by atoms with E-state index in [9.17, 15) is 5.11 Å². The van der Waals surface area contributed by atoms with Crippen molar-refractivity contribution < 1.29 is 5.11 Å². The van der Waals surface area contributed by atoms with E-state index in [2.05, 4.69) is 20.8 Å². The number of unbranched alkanes of at least 4 members (excludes halogenated alkanes) is 26. The van der Waals surface area contributed by atoms with Crippen LogP contribution < -0.4 is 0 Å². The zero-order valence-corrected chi connectivity index (χ0v) is 26.5. The maximum atomic E-state index is 10.0. The van der Waals surface area contributed by atoms with Crippen LogP contribution in [0.3, 0.4) is 0 Å².